The van der Waals surface area contributed by atoms with Gasteiger partial charge in [-0.15, -0.1) is 0 Å². The van der Waals surface area contributed by atoms with Crippen molar-refractivity contribution in [1.82, 2.24) is 9.78 Å². The summed E-state index contributed by atoms with van der Waals surface area (Å²) in [5.41, 5.74) is 4.89. The molecule has 0 bridgehead atoms. The minimum Gasteiger partial charge on any atom is -0.328 e. The van der Waals surface area contributed by atoms with E-state index in [1.807, 2.05) is 6.92 Å². The quantitative estimate of drug-likeness (QED) is 0.946. The molecular weight excluding hydrogens is 281 g/mol. The van der Waals surface area contributed by atoms with E-state index in [0.717, 1.165) is 12.1 Å². The van der Waals surface area contributed by atoms with Gasteiger partial charge in [0.1, 0.15) is 0 Å². The van der Waals surface area contributed by atoms with Gasteiger partial charge in [-0.1, -0.05) is 6.07 Å². The Balaban J connectivity index is 2.46. The predicted octanol–water partition coefficient (Wildman–Crippen LogP) is 2.96. The number of aromatic nitrogens is 2. The van der Waals surface area contributed by atoms with Gasteiger partial charge >= 0.3 is 6.18 Å². The van der Waals surface area contributed by atoms with Crippen LogP contribution in [0.1, 0.15) is 24.1 Å². The van der Waals surface area contributed by atoms with Crippen molar-refractivity contribution in [3.63, 3.8) is 0 Å². The van der Waals surface area contributed by atoms with Crippen LogP contribution in [0.5, 0.6) is 0 Å². The van der Waals surface area contributed by atoms with Crippen LogP contribution in [-0.4, -0.2) is 16.3 Å². The molecule has 0 radical (unpaired) electrons. The van der Waals surface area contributed by atoms with E-state index in [9.17, 15) is 13.2 Å². The number of nitrogens with zero attached hydrogens (tertiary/aromatic N) is 3. The van der Waals surface area contributed by atoms with E-state index >= 15 is 0 Å². The first-order chi connectivity index (χ1) is 9.86. The summed E-state index contributed by atoms with van der Waals surface area (Å²) in [7, 11) is 0. The Kier molecular flexibility index (Phi) is 4.00. The van der Waals surface area contributed by atoms with Gasteiger partial charge in [-0.05, 0) is 25.1 Å². The molecule has 2 aromatic rings. The monoisotopic (exact) mass is 294 g/mol. The normalized spacial score (nSPS) is 13.0. The van der Waals surface area contributed by atoms with Crippen LogP contribution in [0.25, 0.3) is 11.3 Å². The van der Waals surface area contributed by atoms with Crippen LogP contribution in [0.2, 0.25) is 0 Å². The maximum Gasteiger partial charge on any atom is 0.417 e. The number of halogens is 3. The molecule has 0 saturated heterocycles. The summed E-state index contributed by atoms with van der Waals surface area (Å²) in [5, 5.41) is 13.0. The Labute approximate surface area is 119 Å². The molecule has 21 heavy (non-hydrogen) atoms. The molecule has 1 aromatic carbocycles. The molecule has 0 spiro atoms. The summed E-state index contributed by atoms with van der Waals surface area (Å²) < 4.78 is 40.4. The zero-order valence-electron chi connectivity index (χ0n) is 11.2. The van der Waals surface area contributed by atoms with Gasteiger partial charge in [-0.3, -0.25) is 4.68 Å². The first-order valence-corrected chi connectivity index (χ1v) is 6.23. The number of alkyl halides is 3. The van der Waals surface area contributed by atoms with E-state index < -0.39 is 17.3 Å². The maximum absolute atomic E-state index is 12.9. The smallest absolute Gasteiger partial charge is 0.328 e. The second-order valence-corrected chi connectivity index (χ2v) is 4.64. The van der Waals surface area contributed by atoms with Crippen molar-refractivity contribution < 1.29 is 13.2 Å². The van der Waals surface area contributed by atoms with Crippen molar-refractivity contribution in [2.45, 2.75) is 19.1 Å². The largest absolute Gasteiger partial charge is 0.417 e. The van der Waals surface area contributed by atoms with E-state index in [1.165, 1.54) is 6.07 Å². The van der Waals surface area contributed by atoms with Crippen LogP contribution in [0.3, 0.4) is 0 Å². The Morgan fingerprint density at radius 3 is 2.67 bits per heavy atom. The van der Waals surface area contributed by atoms with Gasteiger partial charge in [0, 0.05) is 18.3 Å². The molecule has 0 aliphatic rings. The minimum absolute atomic E-state index is 0.0424. The summed E-state index contributed by atoms with van der Waals surface area (Å²) in [6, 6.07) is 6.68. The van der Waals surface area contributed by atoms with Crippen LogP contribution in [0, 0.1) is 11.3 Å². The lowest BCUT2D eigenvalue weighted by molar-refractivity contribution is -0.137. The number of rotatable bonds is 3. The van der Waals surface area contributed by atoms with Gasteiger partial charge in [0.05, 0.1) is 28.9 Å². The highest BCUT2D eigenvalue weighted by molar-refractivity contribution is 5.62. The SMILES string of the molecule is C[C@H](CN)n1ccc(-c2ccc(C#N)c(C(F)(F)F)c2)n1. The van der Waals surface area contributed by atoms with E-state index in [1.54, 1.807) is 23.0 Å². The molecule has 2 N–H and O–H groups in total. The minimum atomic E-state index is -4.58. The van der Waals surface area contributed by atoms with E-state index in [-0.39, 0.29) is 6.04 Å². The van der Waals surface area contributed by atoms with Gasteiger partial charge in [0.2, 0.25) is 0 Å². The third-order valence-electron chi connectivity index (χ3n) is 3.14. The van der Waals surface area contributed by atoms with Crippen LogP contribution >= 0.6 is 0 Å². The van der Waals surface area contributed by atoms with Crippen molar-refractivity contribution >= 4 is 0 Å². The first-order valence-electron chi connectivity index (χ1n) is 6.23. The summed E-state index contributed by atoms with van der Waals surface area (Å²) in [4.78, 5) is 0. The van der Waals surface area contributed by atoms with Gasteiger partial charge < -0.3 is 5.73 Å². The fraction of sp³-hybridized carbons (Fsp3) is 0.286. The first kappa shape index (κ1) is 15.1. The van der Waals surface area contributed by atoms with Crippen molar-refractivity contribution in [3.8, 4) is 17.3 Å². The van der Waals surface area contributed by atoms with Crippen LogP contribution in [0.15, 0.2) is 30.5 Å². The van der Waals surface area contributed by atoms with Crippen LogP contribution in [0.4, 0.5) is 13.2 Å². The fourth-order valence-electron chi connectivity index (χ4n) is 1.88. The lowest BCUT2D eigenvalue weighted by Crippen LogP contribution is -2.16. The molecule has 0 saturated carbocycles. The van der Waals surface area contributed by atoms with Crippen molar-refractivity contribution in [2.75, 3.05) is 6.54 Å². The Morgan fingerprint density at radius 2 is 2.10 bits per heavy atom. The molecule has 2 rings (SSSR count). The number of nitrogens with two attached hydrogens (primary N) is 1. The highest BCUT2D eigenvalue weighted by atomic mass is 19.4. The molecule has 1 atom stereocenters. The summed E-state index contributed by atoms with van der Waals surface area (Å²) in [6.07, 6.45) is -2.91. The zero-order chi connectivity index (χ0) is 15.6. The zero-order valence-corrected chi connectivity index (χ0v) is 11.2. The third-order valence-corrected chi connectivity index (χ3v) is 3.14. The average molecular weight is 294 g/mol. The average Bonchev–Trinajstić information content (AvgIpc) is 2.94. The van der Waals surface area contributed by atoms with Gasteiger partial charge in [0.15, 0.2) is 0 Å². The van der Waals surface area contributed by atoms with E-state index in [4.69, 9.17) is 11.0 Å². The summed E-state index contributed by atoms with van der Waals surface area (Å²) in [6.45, 7) is 2.24. The number of nitriles is 1. The third kappa shape index (κ3) is 3.06. The Bertz CT molecular complexity index is 682. The van der Waals surface area contributed by atoms with Crippen LogP contribution in [-0.2, 0) is 6.18 Å². The lowest BCUT2D eigenvalue weighted by Gasteiger charge is -2.10. The molecule has 1 aromatic heterocycles. The molecule has 0 fully saturated rings. The summed E-state index contributed by atoms with van der Waals surface area (Å²) >= 11 is 0. The predicted molar refractivity (Wildman–Crippen MR) is 71.1 cm³/mol. The van der Waals surface area contributed by atoms with E-state index in [0.29, 0.717) is 17.8 Å². The molecule has 7 heteroatoms. The van der Waals surface area contributed by atoms with E-state index in [2.05, 4.69) is 5.10 Å². The number of hydrogen-bond acceptors (Lipinski definition) is 3. The molecule has 0 aliphatic heterocycles. The van der Waals surface area contributed by atoms with Gasteiger partial charge in [-0.2, -0.15) is 23.5 Å². The van der Waals surface area contributed by atoms with Gasteiger partial charge in [-0.25, -0.2) is 0 Å². The molecule has 0 aliphatic carbocycles. The molecule has 110 valence electrons. The van der Waals surface area contributed by atoms with Crippen molar-refractivity contribution in [1.29, 1.82) is 5.26 Å². The topological polar surface area (TPSA) is 67.6 Å². The molecule has 0 amide bonds. The molecular formula is C14H13F3N4. The Morgan fingerprint density at radius 1 is 1.38 bits per heavy atom. The standard InChI is InChI=1S/C14H13F3N4/c1-9(7-18)21-5-4-13(20-21)10-2-3-11(8-19)12(6-10)14(15,16)17/h2-6,9H,7,18H2,1H3/t9-/m1/s1. The molecule has 0 unspecified atom stereocenters. The second kappa shape index (κ2) is 5.58. The van der Waals surface area contributed by atoms with Crippen molar-refractivity contribution in [3.05, 3.63) is 41.6 Å². The maximum atomic E-state index is 12.9. The summed E-state index contributed by atoms with van der Waals surface area (Å²) in [5.74, 6) is 0. The molecule has 1 heterocycles. The lowest BCUT2D eigenvalue weighted by atomic mass is 10.0. The highest BCUT2D eigenvalue weighted by Crippen LogP contribution is 2.34. The van der Waals surface area contributed by atoms with Gasteiger partial charge in [0.25, 0.3) is 0 Å². The fourth-order valence-corrected chi connectivity index (χ4v) is 1.88. The second-order valence-electron chi connectivity index (χ2n) is 4.64. The Hall–Kier alpha value is -2.33. The highest BCUT2D eigenvalue weighted by Gasteiger charge is 2.34. The number of benzene rings is 1. The molecule has 4 nitrogen and oxygen atoms in total. The number of hydrogen-bond donors (Lipinski definition) is 1. The van der Waals surface area contributed by atoms with Crippen molar-refractivity contribution in [2.24, 2.45) is 5.73 Å². The van der Waals surface area contributed by atoms with Crippen LogP contribution < -0.4 is 5.73 Å².